The summed E-state index contributed by atoms with van der Waals surface area (Å²) in [6.45, 7) is 2.01. The molecule has 2 aromatic carbocycles. The zero-order chi connectivity index (χ0) is 14.8. The molecule has 21 heavy (non-hydrogen) atoms. The maximum absolute atomic E-state index is 6.04. The van der Waals surface area contributed by atoms with Crippen LogP contribution in [-0.4, -0.2) is 9.66 Å². The van der Waals surface area contributed by atoms with Crippen LogP contribution in [0.3, 0.4) is 0 Å². The second-order valence-electron chi connectivity index (χ2n) is 4.93. The molecule has 0 aliphatic rings. The van der Waals surface area contributed by atoms with Gasteiger partial charge in [0, 0.05) is 12.0 Å². The largest absolute Gasteiger partial charge is 0.382 e. The predicted octanol–water partition coefficient (Wildman–Crippen LogP) is 3.08. The number of hydrogen-bond donors (Lipinski definition) is 2. The lowest BCUT2D eigenvalue weighted by molar-refractivity contribution is 0.865. The van der Waals surface area contributed by atoms with Gasteiger partial charge in [0.05, 0.1) is 0 Å². The number of nitrogen functional groups attached to an aromatic ring is 2. The van der Waals surface area contributed by atoms with Crippen molar-refractivity contribution in [2.45, 2.75) is 13.3 Å². The Bertz CT molecular complexity index is 742. The molecule has 1 heterocycles. The molecule has 0 fully saturated rings. The van der Waals surface area contributed by atoms with E-state index in [2.05, 4.69) is 29.2 Å². The fourth-order valence-corrected chi connectivity index (χ4v) is 2.41. The Morgan fingerprint density at radius 3 is 2.05 bits per heavy atom. The Balaban J connectivity index is 1.98. The van der Waals surface area contributed by atoms with Crippen LogP contribution in [0.15, 0.2) is 54.6 Å². The SMILES string of the molecule is CCc1nc(-c2ccc(-c3ccccc3)cc2)c(N)n1N. The van der Waals surface area contributed by atoms with Gasteiger partial charge in [-0.3, -0.25) is 0 Å². The molecule has 4 N–H and O–H groups in total. The van der Waals surface area contributed by atoms with Gasteiger partial charge in [-0.2, -0.15) is 0 Å². The van der Waals surface area contributed by atoms with Gasteiger partial charge in [-0.15, -0.1) is 0 Å². The Labute approximate surface area is 124 Å². The minimum atomic E-state index is 0.499. The van der Waals surface area contributed by atoms with Crippen LogP contribution in [0.2, 0.25) is 0 Å². The van der Waals surface area contributed by atoms with E-state index in [1.165, 1.54) is 15.8 Å². The highest BCUT2D eigenvalue weighted by Crippen LogP contribution is 2.28. The molecule has 4 heteroatoms. The Hall–Kier alpha value is -2.75. The van der Waals surface area contributed by atoms with Gasteiger partial charge >= 0.3 is 0 Å². The van der Waals surface area contributed by atoms with Gasteiger partial charge in [0.2, 0.25) is 0 Å². The summed E-state index contributed by atoms with van der Waals surface area (Å²) in [7, 11) is 0. The quantitative estimate of drug-likeness (QED) is 0.723. The molecule has 3 aromatic rings. The highest BCUT2D eigenvalue weighted by Gasteiger charge is 2.13. The Morgan fingerprint density at radius 2 is 1.48 bits per heavy atom. The van der Waals surface area contributed by atoms with E-state index in [0.29, 0.717) is 5.82 Å². The summed E-state index contributed by atoms with van der Waals surface area (Å²) in [5, 5.41) is 0. The van der Waals surface area contributed by atoms with Crippen LogP contribution in [0.5, 0.6) is 0 Å². The highest BCUT2D eigenvalue weighted by atomic mass is 15.4. The van der Waals surface area contributed by atoms with E-state index in [4.69, 9.17) is 11.6 Å². The minimum Gasteiger partial charge on any atom is -0.382 e. The first-order valence-corrected chi connectivity index (χ1v) is 6.98. The normalized spacial score (nSPS) is 10.7. The molecular formula is C17H18N4. The number of imidazole rings is 1. The van der Waals surface area contributed by atoms with Gasteiger partial charge in [0.15, 0.2) is 5.82 Å². The second-order valence-corrected chi connectivity index (χ2v) is 4.93. The molecule has 3 rings (SSSR count). The molecule has 0 atom stereocenters. The Morgan fingerprint density at radius 1 is 0.905 bits per heavy atom. The van der Waals surface area contributed by atoms with Crippen molar-refractivity contribution in [2.24, 2.45) is 0 Å². The molecule has 0 radical (unpaired) electrons. The summed E-state index contributed by atoms with van der Waals surface area (Å²) in [6.07, 6.45) is 0.753. The molecule has 0 aliphatic heterocycles. The molecule has 1 aromatic heterocycles. The number of anilines is 1. The third-order valence-electron chi connectivity index (χ3n) is 3.60. The third kappa shape index (κ3) is 2.36. The van der Waals surface area contributed by atoms with Crippen LogP contribution in [0, 0.1) is 0 Å². The van der Waals surface area contributed by atoms with Crippen molar-refractivity contribution in [2.75, 3.05) is 11.6 Å². The fraction of sp³-hybridized carbons (Fsp3) is 0.118. The van der Waals surface area contributed by atoms with Gasteiger partial charge in [0.25, 0.3) is 0 Å². The van der Waals surface area contributed by atoms with E-state index in [-0.39, 0.29) is 0 Å². The third-order valence-corrected chi connectivity index (χ3v) is 3.60. The molecule has 0 saturated heterocycles. The smallest absolute Gasteiger partial charge is 0.150 e. The van der Waals surface area contributed by atoms with Crippen molar-refractivity contribution in [1.82, 2.24) is 9.66 Å². The lowest BCUT2D eigenvalue weighted by Crippen LogP contribution is -2.14. The van der Waals surface area contributed by atoms with Gasteiger partial charge in [0.1, 0.15) is 11.5 Å². The van der Waals surface area contributed by atoms with Crippen molar-refractivity contribution >= 4 is 5.82 Å². The monoisotopic (exact) mass is 278 g/mol. The molecule has 0 aliphatic carbocycles. The van der Waals surface area contributed by atoms with Crippen molar-refractivity contribution in [3.63, 3.8) is 0 Å². The zero-order valence-corrected chi connectivity index (χ0v) is 12.0. The van der Waals surface area contributed by atoms with Crippen molar-refractivity contribution in [3.05, 3.63) is 60.4 Å². The number of aryl methyl sites for hydroxylation is 1. The lowest BCUT2D eigenvalue weighted by atomic mass is 10.0. The first-order chi connectivity index (χ1) is 10.2. The van der Waals surface area contributed by atoms with E-state index in [1.807, 2.05) is 37.3 Å². The van der Waals surface area contributed by atoms with E-state index in [1.54, 1.807) is 0 Å². The van der Waals surface area contributed by atoms with Crippen LogP contribution >= 0.6 is 0 Å². The van der Waals surface area contributed by atoms with Crippen LogP contribution in [0.4, 0.5) is 5.82 Å². The first kappa shape index (κ1) is 13.2. The maximum atomic E-state index is 6.04. The topological polar surface area (TPSA) is 69.9 Å². The molecular weight excluding hydrogens is 260 g/mol. The fourth-order valence-electron chi connectivity index (χ4n) is 2.41. The van der Waals surface area contributed by atoms with Gasteiger partial charge in [-0.25, -0.2) is 9.66 Å². The average Bonchev–Trinajstić information content (AvgIpc) is 2.84. The Kier molecular flexibility index (Phi) is 3.36. The van der Waals surface area contributed by atoms with Crippen molar-refractivity contribution in [1.29, 1.82) is 0 Å². The molecule has 0 bridgehead atoms. The van der Waals surface area contributed by atoms with E-state index in [9.17, 15) is 0 Å². The molecule has 0 spiro atoms. The predicted molar refractivity (Wildman–Crippen MR) is 87.0 cm³/mol. The van der Waals surface area contributed by atoms with Crippen molar-refractivity contribution in [3.8, 4) is 22.4 Å². The number of rotatable bonds is 3. The second kappa shape index (κ2) is 5.32. The summed E-state index contributed by atoms with van der Waals surface area (Å²) in [5.74, 6) is 7.19. The average molecular weight is 278 g/mol. The lowest BCUT2D eigenvalue weighted by Gasteiger charge is -2.04. The van der Waals surface area contributed by atoms with Crippen molar-refractivity contribution < 1.29 is 0 Å². The molecule has 0 unspecified atom stereocenters. The molecule has 0 saturated carbocycles. The van der Waals surface area contributed by atoms with E-state index < -0.39 is 0 Å². The molecule has 4 nitrogen and oxygen atoms in total. The summed E-state index contributed by atoms with van der Waals surface area (Å²) in [5.41, 5.74) is 10.1. The number of aromatic nitrogens is 2. The molecule has 106 valence electrons. The van der Waals surface area contributed by atoms with Gasteiger partial charge in [-0.05, 0) is 11.1 Å². The molecule has 0 amide bonds. The van der Waals surface area contributed by atoms with Gasteiger partial charge in [-0.1, -0.05) is 61.5 Å². The highest BCUT2D eigenvalue weighted by molar-refractivity contribution is 5.74. The van der Waals surface area contributed by atoms with Crippen LogP contribution in [0.25, 0.3) is 22.4 Å². The summed E-state index contributed by atoms with van der Waals surface area (Å²) in [6, 6.07) is 18.5. The summed E-state index contributed by atoms with van der Waals surface area (Å²) < 4.78 is 1.46. The zero-order valence-electron chi connectivity index (χ0n) is 12.0. The van der Waals surface area contributed by atoms with Crippen LogP contribution in [0.1, 0.15) is 12.7 Å². The first-order valence-electron chi connectivity index (χ1n) is 6.98. The van der Waals surface area contributed by atoms with Crippen LogP contribution < -0.4 is 11.6 Å². The van der Waals surface area contributed by atoms with Gasteiger partial charge < -0.3 is 11.6 Å². The standard InChI is InChI=1S/C17H18N4/c1-2-15-20-16(17(18)21(15)19)14-10-8-13(9-11-14)12-6-4-3-5-7-12/h3-11H,2,18-19H2,1H3. The number of nitrogens with zero attached hydrogens (tertiary/aromatic N) is 2. The van der Waals surface area contributed by atoms with E-state index >= 15 is 0 Å². The van der Waals surface area contributed by atoms with E-state index in [0.717, 1.165) is 23.5 Å². The summed E-state index contributed by atoms with van der Waals surface area (Å²) >= 11 is 0. The number of nitrogens with two attached hydrogens (primary N) is 2. The minimum absolute atomic E-state index is 0.499. The number of benzene rings is 2. The summed E-state index contributed by atoms with van der Waals surface area (Å²) in [4.78, 5) is 4.51. The van der Waals surface area contributed by atoms with Crippen LogP contribution in [-0.2, 0) is 6.42 Å². The number of hydrogen-bond acceptors (Lipinski definition) is 3. The maximum Gasteiger partial charge on any atom is 0.150 e.